The van der Waals surface area contributed by atoms with Gasteiger partial charge < -0.3 is 14.6 Å². The van der Waals surface area contributed by atoms with Crippen LogP contribution in [-0.4, -0.2) is 53.8 Å². The largest absolute Gasteiger partial charge is 0.481 e. The van der Waals surface area contributed by atoms with Crippen LogP contribution in [0.5, 0.6) is 0 Å². The minimum Gasteiger partial charge on any atom is -0.481 e. The number of carbonyl (C=O) groups is 3. The predicted molar refractivity (Wildman–Crippen MR) is 57.3 cm³/mol. The fourth-order valence-corrected chi connectivity index (χ4v) is 1.74. The molecule has 2 aliphatic rings. The molecule has 0 bridgehead atoms. The second kappa shape index (κ2) is 5.28. The van der Waals surface area contributed by atoms with Crippen LogP contribution in [0.4, 0.5) is 0 Å². The van der Waals surface area contributed by atoms with Gasteiger partial charge in [-0.25, -0.2) is 0 Å². The molecule has 2 rings (SSSR count). The minimum absolute atomic E-state index is 0.0835. The molecule has 2 amide bonds. The molecular formula is C11H13NO6. The quantitative estimate of drug-likeness (QED) is 0.673. The first-order valence-electron chi connectivity index (χ1n) is 5.57. The van der Waals surface area contributed by atoms with E-state index in [0.29, 0.717) is 6.42 Å². The van der Waals surface area contributed by atoms with E-state index in [9.17, 15) is 14.4 Å². The minimum atomic E-state index is -0.956. The summed E-state index contributed by atoms with van der Waals surface area (Å²) in [6.07, 6.45) is 2.20. The Bertz CT molecular complexity index is 378. The Balaban J connectivity index is 1.74. The summed E-state index contributed by atoms with van der Waals surface area (Å²) in [6.45, 7) is 0.368. The van der Waals surface area contributed by atoms with E-state index in [-0.39, 0.29) is 31.6 Å². The number of ether oxygens (including phenoxy) is 2. The van der Waals surface area contributed by atoms with E-state index in [1.165, 1.54) is 12.2 Å². The molecule has 2 aliphatic heterocycles. The van der Waals surface area contributed by atoms with Crippen molar-refractivity contribution in [2.75, 3.05) is 19.8 Å². The molecule has 1 N–H and O–H groups in total. The summed E-state index contributed by atoms with van der Waals surface area (Å²) in [4.78, 5) is 34.3. The van der Waals surface area contributed by atoms with Gasteiger partial charge in [0.15, 0.2) is 6.29 Å². The van der Waals surface area contributed by atoms with Gasteiger partial charge in [-0.05, 0) is 0 Å². The van der Waals surface area contributed by atoms with Crippen LogP contribution in [0.15, 0.2) is 12.2 Å². The lowest BCUT2D eigenvalue weighted by Gasteiger charge is -2.28. The van der Waals surface area contributed by atoms with Crippen LogP contribution < -0.4 is 0 Å². The lowest BCUT2D eigenvalue weighted by atomic mass is 10.1. The number of nitrogens with zero attached hydrogens (tertiary/aromatic N) is 1. The molecule has 0 spiro atoms. The average molecular weight is 255 g/mol. The van der Waals surface area contributed by atoms with E-state index in [1.807, 2.05) is 0 Å². The van der Waals surface area contributed by atoms with Gasteiger partial charge >= 0.3 is 5.97 Å². The Morgan fingerprint density at radius 2 is 1.83 bits per heavy atom. The summed E-state index contributed by atoms with van der Waals surface area (Å²) in [7, 11) is 0. The molecule has 0 saturated carbocycles. The first kappa shape index (κ1) is 12.7. The van der Waals surface area contributed by atoms with E-state index < -0.39 is 18.2 Å². The van der Waals surface area contributed by atoms with E-state index in [4.69, 9.17) is 14.6 Å². The molecule has 0 aromatic heterocycles. The van der Waals surface area contributed by atoms with Gasteiger partial charge in [-0.3, -0.25) is 19.3 Å². The van der Waals surface area contributed by atoms with Crippen molar-refractivity contribution in [1.29, 1.82) is 0 Å². The highest BCUT2D eigenvalue weighted by Crippen LogP contribution is 2.15. The van der Waals surface area contributed by atoms with Crippen molar-refractivity contribution in [3.63, 3.8) is 0 Å². The molecule has 98 valence electrons. The molecule has 0 aromatic carbocycles. The third kappa shape index (κ3) is 2.74. The lowest BCUT2D eigenvalue weighted by molar-refractivity contribution is -0.209. The van der Waals surface area contributed by atoms with Crippen LogP contribution in [0.2, 0.25) is 0 Å². The van der Waals surface area contributed by atoms with Crippen molar-refractivity contribution in [3.8, 4) is 0 Å². The molecule has 0 aromatic rings. The zero-order valence-corrected chi connectivity index (χ0v) is 9.57. The van der Waals surface area contributed by atoms with Crippen molar-refractivity contribution >= 4 is 17.8 Å². The first-order valence-corrected chi connectivity index (χ1v) is 5.57. The third-order valence-corrected chi connectivity index (χ3v) is 2.80. The number of hydrogen-bond donors (Lipinski definition) is 1. The van der Waals surface area contributed by atoms with Crippen LogP contribution in [-0.2, 0) is 23.9 Å². The number of hydrogen-bond acceptors (Lipinski definition) is 5. The van der Waals surface area contributed by atoms with Crippen molar-refractivity contribution in [1.82, 2.24) is 4.90 Å². The predicted octanol–water partition coefficient (Wildman–Crippen LogP) is -0.625. The highest BCUT2D eigenvalue weighted by molar-refractivity contribution is 6.12. The molecular weight excluding hydrogens is 242 g/mol. The molecule has 0 unspecified atom stereocenters. The Hall–Kier alpha value is -1.73. The Labute approximate surface area is 103 Å². The van der Waals surface area contributed by atoms with Crippen LogP contribution >= 0.6 is 0 Å². The second-order valence-corrected chi connectivity index (χ2v) is 4.08. The number of rotatable bonds is 4. The van der Waals surface area contributed by atoms with Gasteiger partial charge in [-0.1, -0.05) is 0 Å². The maximum absolute atomic E-state index is 11.3. The maximum atomic E-state index is 11.3. The zero-order valence-electron chi connectivity index (χ0n) is 9.57. The van der Waals surface area contributed by atoms with Crippen LogP contribution in [0.25, 0.3) is 0 Å². The number of carboxylic acids is 1. The molecule has 0 radical (unpaired) electrons. The number of amides is 2. The Morgan fingerprint density at radius 3 is 2.33 bits per heavy atom. The van der Waals surface area contributed by atoms with Crippen molar-refractivity contribution < 1.29 is 29.0 Å². The molecule has 1 saturated heterocycles. The van der Waals surface area contributed by atoms with E-state index in [2.05, 4.69) is 0 Å². The molecule has 18 heavy (non-hydrogen) atoms. The third-order valence-electron chi connectivity index (χ3n) is 2.80. The molecule has 0 aliphatic carbocycles. The van der Waals surface area contributed by atoms with Crippen LogP contribution in [0.3, 0.4) is 0 Å². The molecule has 0 atom stereocenters. The van der Waals surface area contributed by atoms with E-state index >= 15 is 0 Å². The second-order valence-electron chi connectivity index (χ2n) is 4.08. The van der Waals surface area contributed by atoms with Crippen LogP contribution in [0, 0.1) is 5.92 Å². The van der Waals surface area contributed by atoms with Gasteiger partial charge in [0, 0.05) is 25.1 Å². The molecule has 7 heteroatoms. The van der Waals surface area contributed by atoms with E-state index in [0.717, 1.165) is 4.90 Å². The number of carboxylic acid groups (broad SMARTS) is 1. The summed E-state index contributed by atoms with van der Waals surface area (Å²) >= 11 is 0. The maximum Gasteiger partial charge on any atom is 0.311 e. The summed E-state index contributed by atoms with van der Waals surface area (Å²) in [6, 6.07) is 0. The zero-order chi connectivity index (χ0) is 13.1. The smallest absolute Gasteiger partial charge is 0.311 e. The van der Waals surface area contributed by atoms with E-state index in [1.54, 1.807) is 0 Å². The normalized spacial score (nSPS) is 27.9. The average Bonchev–Trinajstić information content (AvgIpc) is 2.67. The SMILES string of the molecule is O=C(O)C1COC(CCN2C(=O)C=CC2=O)OC1. The summed E-state index contributed by atoms with van der Waals surface area (Å²) in [5.41, 5.74) is 0. The molecule has 1 fully saturated rings. The lowest BCUT2D eigenvalue weighted by Crippen LogP contribution is -2.39. The Morgan fingerprint density at radius 1 is 1.28 bits per heavy atom. The van der Waals surface area contributed by atoms with Crippen molar-refractivity contribution in [2.45, 2.75) is 12.7 Å². The summed E-state index contributed by atoms with van der Waals surface area (Å²) in [5, 5.41) is 8.73. The monoisotopic (exact) mass is 255 g/mol. The fourth-order valence-electron chi connectivity index (χ4n) is 1.74. The number of imide groups is 1. The van der Waals surface area contributed by atoms with Crippen LogP contribution in [0.1, 0.15) is 6.42 Å². The highest BCUT2D eigenvalue weighted by atomic mass is 16.7. The first-order chi connectivity index (χ1) is 8.58. The summed E-state index contributed by atoms with van der Waals surface area (Å²) in [5.74, 6) is -2.31. The molecule has 7 nitrogen and oxygen atoms in total. The molecule has 2 heterocycles. The van der Waals surface area contributed by atoms with Gasteiger partial charge in [0.1, 0.15) is 5.92 Å². The topological polar surface area (TPSA) is 93.1 Å². The van der Waals surface area contributed by atoms with Crippen molar-refractivity contribution in [2.24, 2.45) is 5.92 Å². The summed E-state index contributed by atoms with van der Waals surface area (Å²) < 4.78 is 10.4. The standard InChI is InChI=1S/C11H13NO6/c13-8-1-2-9(14)12(8)4-3-10-17-5-7(6-18-10)11(15)16/h1-2,7,10H,3-6H2,(H,15,16). The fraction of sp³-hybridized carbons (Fsp3) is 0.545. The van der Waals surface area contributed by atoms with Gasteiger partial charge in [0.05, 0.1) is 13.2 Å². The van der Waals surface area contributed by atoms with Gasteiger partial charge in [0.2, 0.25) is 0 Å². The van der Waals surface area contributed by atoms with Crippen molar-refractivity contribution in [3.05, 3.63) is 12.2 Å². The van der Waals surface area contributed by atoms with Gasteiger partial charge in [-0.15, -0.1) is 0 Å². The highest BCUT2D eigenvalue weighted by Gasteiger charge is 2.29. The number of carbonyl (C=O) groups excluding carboxylic acids is 2. The number of aliphatic carboxylic acids is 1. The van der Waals surface area contributed by atoms with Gasteiger partial charge in [0.25, 0.3) is 11.8 Å². The van der Waals surface area contributed by atoms with Gasteiger partial charge in [-0.2, -0.15) is 0 Å². The Kier molecular flexibility index (Phi) is 3.73.